The molecule has 0 amide bonds. The molecule has 0 aromatic carbocycles. The highest BCUT2D eigenvalue weighted by Crippen LogP contribution is 2.38. The molecule has 0 N–H and O–H groups in total. The summed E-state index contributed by atoms with van der Waals surface area (Å²) in [5.74, 6) is 0.976. The molecule has 0 aliphatic carbocycles. The maximum Gasteiger partial charge on any atom is 0.212 e. The first-order valence-electron chi connectivity index (χ1n) is 6.95. The van der Waals surface area contributed by atoms with Gasteiger partial charge in [-0.1, -0.05) is 0 Å². The van der Waals surface area contributed by atoms with Crippen LogP contribution in [0.2, 0.25) is 0 Å². The number of nitrogens with zero attached hydrogens (tertiary/aromatic N) is 2. The van der Waals surface area contributed by atoms with Gasteiger partial charge in [0, 0.05) is 35.8 Å². The van der Waals surface area contributed by atoms with E-state index in [2.05, 4.69) is 16.9 Å². The van der Waals surface area contributed by atoms with Gasteiger partial charge in [0.15, 0.2) is 5.78 Å². The number of hydrogen-bond donors (Lipinski definition) is 0. The lowest BCUT2D eigenvalue weighted by Gasteiger charge is -2.35. The number of methoxy groups -OCH3 is 1. The van der Waals surface area contributed by atoms with Crippen molar-refractivity contribution < 1.29 is 9.53 Å². The van der Waals surface area contributed by atoms with Crippen molar-refractivity contribution in [1.29, 1.82) is 0 Å². The Morgan fingerprint density at radius 2 is 2.00 bits per heavy atom. The van der Waals surface area contributed by atoms with Crippen molar-refractivity contribution in [3.05, 3.63) is 23.9 Å². The Morgan fingerprint density at radius 3 is 2.53 bits per heavy atom. The van der Waals surface area contributed by atoms with Gasteiger partial charge in [-0.15, -0.1) is 0 Å². The molecule has 19 heavy (non-hydrogen) atoms. The van der Waals surface area contributed by atoms with Crippen LogP contribution < -0.4 is 4.74 Å². The SMILES string of the molecule is COc1ccc(C(=O)C2CC3CCC(C2)N3C)cn1. The highest BCUT2D eigenvalue weighted by atomic mass is 16.5. The van der Waals surface area contributed by atoms with E-state index in [0.717, 1.165) is 18.4 Å². The number of rotatable bonds is 3. The predicted octanol–water partition coefficient (Wildman–Crippen LogP) is 2.15. The Morgan fingerprint density at radius 1 is 1.32 bits per heavy atom. The van der Waals surface area contributed by atoms with Crippen molar-refractivity contribution in [2.24, 2.45) is 5.92 Å². The Bertz CT molecular complexity index is 458. The van der Waals surface area contributed by atoms with Gasteiger partial charge in [0.05, 0.1) is 7.11 Å². The van der Waals surface area contributed by atoms with Crippen molar-refractivity contribution in [2.75, 3.05) is 14.2 Å². The van der Waals surface area contributed by atoms with Crippen LogP contribution in [0.1, 0.15) is 36.0 Å². The van der Waals surface area contributed by atoms with E-state index in [1.165, 1.54) is 12.8 Å². The quantitative estimate of drug-likeness (QED) is 0.781. The number of Topliss-reactive ketones (excluding diaryl/α,β-unsaturated/α-hetero) is 1. The fraction of sp³-hybridized carbons (Fsp3) is 0.600. The largest absolute Gasteiger partial charge is 0.481 e. The third kappa shape index (κ3) is 2.25. The van der Waals surface area contributed by atoms with Gasteiger partial charge >= 0.3 is 0 Å². The number of ketones is 1. The Hall–Kier alpha value is -1.42. The summed E-state index contributed by atoms with van der Waals surface area (Å²) in [4.78, 5) is 19.1. The van der Waals surface area contributed by atoms with Gasteiger partial charge in [-0.2, -0.15) is 0 Å². The van der Waals surface area contributed by atoms with E-state index in [9.17, 15) is 4.79 Å². The number of carbonyl (C=O) groups is 1. The maximum absolute atomic E-state index is 12.5. The van der Waals surface area contributed by atoms with Crippen LogP contribution in [0, 0.1) is 5.92 Å². The Balaban J connectivity index is 1.73. The second-order valence-corrected chi connectivity index (χ2v) is 5.67. The average Bonchev–Trinajstić information content (AvgIpc) is 2.68. The van der Waals surface area contributed by atoms with Gasteiger partial charge in [0.1, 0.15) is 0 Å². The second-order valence-electron chi connectivity index (χ2n) is 5.67. The number of pyridine rings is 1. The number of fused-ring (bicyclic) bond motifs is 2. The number of ether oxygens (including phenoxy) is 1. The second kappa shape index (κ2) is 4.93. The van der Waals surface area contributed by atoms with E-state index >= 15 is 0 Å². The molecule has 2 bridgehead atoms. The van der Waals surface area contributed by atoms with Crippen LogP contribution in [-0.2, 0) is 0 Å². The molecule has 2 atom stereocenters. The van der Waals surface area contributed by atoms with Crippen molar-refractivity contribution in [2.45, 2.75) is 37.8 Å². The van der Waals surface area contributed by atoms with Crippen LogP contribution in [0.5, 0.6) is 5.88 Å². The molecule has 2 aliphatic heterocycles. The normalized spacial score (nSPS) is 30.3. The first-order valence-corrected chi connectivity index (χ1v) is 6.95. The lowest BCUT2D eigenvalue weighted by Crippen LogP contribution is -2.42. The fourth-order valence-corrected chi connectivity index (χ4v) is 3.51. The van der Waals surface area contributed by atoms with Crippen LogP contribution in [0.3, 0.4) is 0 Å². The molecular formula is C15H20N2O2. The number of carbonyl (C=O) groups excluding carboxylic acids is 1. The molecule has 4 nitrogen and oxygen atoms in total. The first-order chi connectivity index (χ1) is 9.19. The molecule has 4 heteroatoms. The van der Waals surface area contributed by atoms with E-state index in [-0.39, 0.29) is 11.7 Å². The third-order valence-corrected chi connectivity index (χ3v) is 4.70. The standard InChI is InChI=1S/C15H20N2O2/c1-17-12-4-5-13(17)8-11(7-12)15(18)10-3-6-14(19-2)16-9-10/h3,6,9,11-13H,4-5,7-8H2,1-2H3. The molecule has 3 rings (SSSR count). The van der Waals surface area contributed by atoms with E-state index in [1.807, 2.05) is 6.07 Å². The minimum atomic E-state index is 0.170. The average molecular weight is 260 g/mol. The van der Waals surface area contributed by atoms with Gasteiger partial charge in [0.2, 0.25) is 5.88 Å². The van der Waals surface area contributed by atoms with E-state index in [0.29, 0.717) is 18.0 Å². The van der Waals surface area contributed by atoms with Crippen molar-refractivity contribution in [3.8, 4) is 5.88 Å². The predicted molar refractivity (Wildman–Crippen MR) is 72.4 cm³/mol. The molecule has 102 valence electrons. The summed E-state index contributed by atoms with van der Waals surface area (Å²) in [6.07, 6.45) is 6.12. The minimum absolute atomic E-state index is 0.170. The van der Waals surface area contributed by atoms with Gasteiger partial charge in [-0.25, -0.2) is 4.98 Å². The molecule has 0 radical (unpaired) electrons. The van der Waals surface area contributed by atoms with E-state index in [1.54, 1.807) is 19.4 Å². The number of hydrogen-bond acceptors (Lipinski definition) is 4. The molecule has 2 fully saturated rings. The molecule has 2 saturated heterocycles. The van der Waals surface area contributed by atoms with E-state index in [4.69, 9.17) is 4.74 Å². The zero-order valence-corrected chi connectivity index (χ0v) is 11.5. The summed E-state index contributed by atoms with van der Waals surface area (Å²) in [6.45, 7) is 0. The van der Waals surface area contributed by atoms with Crippen molar-refractivity contribution in [3.63, 3.8) is 0 Å². The summed E-state index contributed by atoms with van der Waals surface area (Å²) in [6, 6.07) is 4.78. The van der Waals surface area contributed by atoms with Gasteiger partial charge in [-0.3, -0.25) is 4.79 Å². The molecule has 2 aliphatic rings. The summed E-state index contributed by atoms with van der Waals surface area (Å²) in [7, 11) is 3.77. The third-order valence-electron chi connectivity index (χ3n) is 4.70. The first kappa shape index (κ1) is 12.6. The van der Waals surface area contributed by atoms with Crippen LogP contribution in [-0.4, -0.2) is 41.9 Å². The molecule has 2 unspecified atom stereocenters. The summed E-state index contributed by atoms with van der Waals surface area (Å²) in [5.41, 5.74) is 0.717. The van der Waals surface area contributed by atoms with Crippen molar-refractivity contribution >= 4 is 5.78 Å². The Labute approximate surface area is 113 Å². The monoisotopic (exact) mass is 260 g/mol. The highest BCUT2D eigenvalue weighted by Gasteiger charge is 2.40. The molecule has 0 spiro atoms. The minimum Gasteiger partial charge on any atom is -0.481 e. The lowest BCUT2D eigenvalue weighted by atomic mass is 9.85. The summed E-state index contributed by atoms with van der Waals surface area (Å²) in [5, 5.41) is 0. The zero-order valence-electron chi connectivity index (χ0n) is 11.5. The Kier molecular flexibility index (Phi) is 3.27. The van der Waals surface area contributed by atoms with Crippen LogP contribution >= 0.6 is 0 Å². The molecule has 1 aromatic heterocycles. The number of aromatic nitrogens is 1. The molecule has 1 aromatic rings. The molecule has 3 heterocycles. The lowest BCUT2D eigenvalue weighted by molar-refractivity contribution is 0.0766. The highest BCUT2D eigenvalue weighted by molar-refractivity contribution is 5.97. The smallest absolute Gasteiger partial charge is 0.212 e. The topological polar surface area (TPSA) is 42.4 Å². The van der Waals surface area contributed by atoms with Crippen LogP contribution in [0.15, 0.2) is 18.3 Å². The zero-order chi connectivity index (χ0) is 13.4. The maximum atomic E-state index is 12.5. The fourth-order valence-electron chi connectivity index (χ4n) is 3.51. The molecule has 0 saturated carbocycles. The summed E-state index contributed by atoms with van der Waals surface area (Å²) >= 11 is 0. The molecular weight excluding hydrogens is 240 g/mol. The van der Waals surface area contributed by atoms with Crippen LogP contribution in [0.25, 0.3) is 0 Å². The van der Waals surface area contributed by atoms with Gasteiger partial charge in [-0.05, 0) is 38.8 Å². The van der Waals surface area contributed by atoms with Crippen LogP contribution in [0.4, 0.5) is 0 Å². The van der Waals surface area contributed by atoms with E-state index < -0.39 is 0 Å². The van der Waals surface area contributed by atoms with Gasteiger partial charge in [0.25, 0.3) is 0 Å². The van der Waals surface area contributed by atoms with Gasteiger partial charge < -0.3 is 9.64 Å². The summed E-state index contributed by atoms with van der Waals surface area (Å²) < 4.78 is 5.02. The number of piperidine rings is 1. The van der Waals surface area contributed by atoms with Crippen molar-refractivity contribution in [1.82, 2.24) is 9.88 Å².